The molecule has 168 valence electrons. The Bertz CT molecular complexity index is 1220. The van der Waals surface area contributed by atoms with E-state index in [2.05, 4.69) is 11.8 Å². The second-order valence-electron chi connectivity index (χ2n) is 6.94. The number of ether oxygens (including phenoxy) is 1. The molecule has 0 bridgehead atoms. The van der Waals surface area contributed by atoms with Crippen LogP contribution >= 0.6 is 11.6 Å². The van der Waals surface area contributed by atoms with Crippen molar-refractivity contribution < 1.29 is 32.6 Å². The van der Waals surface area contributed by atoms with Gasteiger partial charge in [0.15, 0.2) is 12.4 Å². The fourth-order valence-corrected chi connectivity index (χ4v) is 3.02. The van der Waals surface area contributed by atoms with Gasteiger partial charge in [-0.2, -0.15) is 13.2 Å². The van der Waals surface area contributed by atoms with Crippen LogP contribution in [0.3, 0.4) is 0 Å². The predicted molar refractivity (Wildman–Crippen MR) is 116 cm³/mol. The van der Waals surface area contributed by atoms with Crippen molar-refractivity contribution in [2.75, 3.05) is 6.61 Å². The predicted octanol–water partition coefficient (Wildman–Crippen LogP) is 5.65. The molecule has 0 spiro atoms. The van der Waals surface area contributed by atoms with Crippen LogP contribution in [0.2, 0.25) is 5.02 Å². The number of hydrogen-bond donors (Lipinski definition) is 1. The Morgan fingerprint density at radius 3 is 2.21 bits per heavy atom. The van der Waals surface area contributed by atoms with E-state index >= 15 is 0 Å². The first-order chi connectivity index (χ1) is 15.6. The second kappa shape index (κ2) is 10.2. The number of carbonyl (C=O) groups is 2. The maximum absolute atomic E-state index is 12.7. The molecule has 0 aliphatic heterocycles. The monoisotopic (exact) mass is 472 g/mol. The van der Waals surface area contributed by atoms with Crippen LogP contribution in [0.15, 0.2) is 66.7 Å². The van der Waals surface area contributed by atoms with Crippen LogP contribution in [0, 0.1) is 11.8 Å². The summed E-state index contributed by atoms with van der Waals surface area (Å²) in [5.74, 6) is 4.67. The van der Waals surface area contributed by atoms with E-state index in [0.29, 0.717) is 21.7 Å². The third-order valence-corrected chi connectivity index (χ3v) is 4.72. The van der Waals surface area contributed by atoms with Crippen LogP contribution in [-0.2, 0) is 17.4 Å². The van der Waals surface area contributed by atoms with Gasteiger partial charge in [0, 0.05) is 22.6 Å². The summed E-state index contributed by atoms with van der Waals surface area (Å²) in [6, 6.07) is 15.6. The Morgan fingerprint density at radius 2 is 1.61 bits per heavy atom. The molecule has 8 heteroatoms. The van der Waals surface area contributed by atoms with E-state index in [-0.39, 0.29) is 23.5 Å². The van der Waals surface area contributed by atoms with Gasteiger partial charge in [0.05, 0.1) is 11.1 Å². The molecule has 0 aromatic heterocycles. The number of alkyl halides is 3. The third-order valence-electron chi connectivity index (χ3n) is 4.49. The molecule has 0 aliphatic carbocycles. The van der Waals surface area contributed by atoms with Gasteiger partial charge in [-0.05, 0) is 48.0 Å². The maximum Gasteiger partial charge on any atom is 0.416 e. The van der Waals surface area contributed by atoms with Crippen LogP contribution in [0.5, 0.6) is 5.75 Å². The lowest BCUT2D eigenvalue weighted by Crippen LogP contribution is -2.10. The molecule has 0 fully saturated rings. The summed E-state index contributed by atoms with van der Waals surface area (Å²) in [5.41, 5.74) is 1.12. The number of hydrogen-bond acceptors (Lipinski definition) is 3. The minimum absolute atomic E-state index is 0.0283. The normalized spacial score (nSPS) is 10.8. The largest absolute Gasteiger partial charge is 0.481 e. The van der Waals surface area contributed by atoms with Crippen LogP contribution in [-0.4, -0.2) is 23.5 Å². The number of carboxylic acids is 1. The number of benzene rings is 3. The molecule has 0 saturated heterocycles. The standard InChI is InChI=1S/C25H16ClF3O4/c26-21-11-12-23(33-15-24(31)32)19(14-21)6-5-16-1-3-17(4-2-16)13-22(30)18-7-9-20(10-8-18)25(27,28)29/h1-4,7-12,14H,13,15H2,(H,31,32). The zero-order chi connectivity index (χ0) is 24.0. The highest BCUT2D eigenvalue weighted by Crippen LogP contribution is 2.29. The summed E-state index contributed by atoms with van der Waals surface area (Å²) < 4.78 is 43.2. The molecule has 0 saturated carbocycles. The van der Waals surface area contributed by atoms with Gasteiger partial charge in [0.2, 0.25) is 0 Å². The quantitative estimate of drug-likeness (QED) is 0.372. The zero-order valence-corrected chi connectivity index (χ0v) is 17.7. The Hall–Kier alpha value is -3.76. The first kappa shape index (κ1) is 23.9. The topological polar surface area (TPSA) is 63.6 Å². The molecular formula is C25H16ClF3O4. The van der Waals surface area contributed by atoms with Gasteiger partial charge >= 0.3 is 12.1 Å². The highest BCUT2D eigenvalue weighted by Gasteiger charge is 2.30. The van der Waals surface area contributed by atoms with E-state index in [1.165, 1.54) is 18.2 Å². The second-order valence-corrected chi connectivity index (χ2v) is 7.38. The molecule has 0 atom stereocenters. The lowest BCUT2D eigenvalue weighted by Gasteiger charge is -2.07. The van der Waals surface area contributed by atoms with Gasteiger partial charge in [-0.15, -0.1) is 0 Å². The van der Waals surface area contributed by atoms with Crippen LogP contribution in [0.25, 0.3) is 0 Å². The molecule has 3 rings (SSSR count). The molecule has 0 unspecified atom stereocenters. The molecule has 0 amide bonds. The van der Waals surface area contributed by atoms with Gasteiger partial charge < -0.3 is 9.84 Å². The number of carbonyl (C=O) groups excluding carboxylic acids is 1. The van der Waals surface area contributed by atoms with E-state index in [9.17, 15) is 22.8 Å². The first-order valence-corrected chi connectivity index (χ1v) is 9.95. The van der Waals surface area contributed by atoms with Crippen molar-refractivity contribution in [2.24, 2.45) is 0 Å². The maximum atomic E-state index is 12.7. The van der Waals surface area contributed by atoms with Gasteiger partial charge in [0.1, 0.15) is 5.75 Å². The smallest absolute Gasteiger partial charge is 0.416 e. The molecule has 1 N–H and O–H groups in total. The SMILES string of the molecule is O=C(O)COc1ccc(Cl)cc1C#Cc1ccc(CC(=O)c2ccc(C(F)(F)F)cc2)cc1. The number of rotatable bonds is 6. The molecule has 3 aromatic carbocycles. The number of halogens is 4. The summed E-state index contributed by atoms with van der Waals surface area (Å²) in [5, 5.41) is 9.19. The number of Topliss-reactive ketones (excluding diaryl/α,β-unsaturated/α-hetero) is 1. The summed E-state index contributed by atoms with van der Waals surface area (Å²) in [4.78, 5) is 23.1. The summed E-state index contributed by atoms with van der Waals surface area (Å²) >= 11 is 5.98. The van der Waals surface area contributed by atoms with Crippen molar-refractivity contribution in [2.45, 2.75) is 12.6 Å². The molecule has 3 aromatic rings. The van der Waals surface area contributed by atoms with Gasteiger partial charge in [-0.3, -0.25) is 4.79 Å². The molecule has 0 heterocycles. The Kier molecular flexibility index (Phi) is 7.41. The average molecular weight is 473 g/mol. The van der Waals surface area contributed by atoms with Crippen molar-refractivity contribution >= 4 is 23.4 Å². The minimum atomic E-state index is -4.45. The number of ketones is 1. The van der Waals surface area contributed by atoms with Gasteiger partial charge in [-0.1, -0.05) is 47.7 Å². The zero-order valence-electron chi connectivity index (χ0n) is 16.9. The summed E-state index contributed by atoms with van der Waals surface area (Å²) in [7, 11) is 0. The van der Waals surface area contributed by atoms with Crippen molar-refractivity contribution in [3.05, 3.63) is 99.6 Å². The lowest BCUT2D eigenvalue weighted by molar-refractivity contribution is -0.139. The number of carboxylic acid groups (broad SMARTS) is 1. The van der Waals surface area contributed by atoms with Crippen molar-refractivity contribution in [3.63, 3.8) is 0 Å². The van der Waals surface area contributed by atoms with Crippen molar-refractivity contribution in [1.29, 1.82) is 0 Å². The highest BCUT2D eigenvalue weighted by molar-refractivity contribution is 6.30. The Labute approximate surface area is 192 Å². The first-order valence-electron chi connectivity index (χ1n) is 9.57. The van der Waals surface area contributed by atoms with Crippen molar-refractivity contribution in [1.82, 2.24) is 0 Å². The summed E-state index contributed by atoms with van der Waals surface area (Å²) in [6.07, 6.45) is -4.42. The minimum Gasteiger partial charge on any atom is -0.481 e. The van der Waals surface area contributed by atoms with E-state index in [4.69, 9.17) is 21.4 Å². The Morgan fingerprint density at radius 1 is 0.939 bits per heavy atom. The molecule has 4 nitrogen and oxygen atoms in total. The van der Waals surface area contributed by atoms with E-state index in [1.807, 2.05) is 0 Å². The van der Waals surface area contributed by atoms with E-state index in [0.717, 1.165) is 12.1 Å². The summed E-state index contributed by atoms with van der Waals surface area (Å²) in [6.45, 7) is -0.516. The average Bonchev–Trinajstić information content (AvgIpc) is 2.77. The Balaban J connectivity index is 1.69. The molecular weight excluding hydrogens is 457 g/mol. The van der Waals surface area contributed by atoms with Crippen LogP contribution in [0.1, 0.15) is 32.6 Å². The third kappa shape index (κ3) is 6.86. The lowest BCUT2D eigenvalue weighted by atomic mass is 10.0. The molecule has 0 radical (unpaired) electrons. The molecule has 0 aliphatic rings. The van der Waals surface area contributed by atoms with Gasteiger partial charge in [0.25, 0.3) is 0 Å². The highest BCUT2D eigenvalue weighted by atomic mass is 35.5. The van der Waals surface area contributed by atoms with E-state index < -0.39 is 24.3 Å². The van der Waals surface area contributed by atoms with Gasteiger partial charge in [-0.25, -0.2) is 4.79 Å². The fraction of sp³-hybridized carbons (Fsp3) is 0.120. The van der Waals surface area contributed by atoms with Crippen molar-refractivity contribution in [3.8, 4) is 17.6 Å². The fourth-order valence-electron chi connectivity index (χ4n) is 2.84. The van der Waals surface area contributed by atoms with E-state index in [1.54, 1.807) is 36.4 Å². The molecule has 33 heavy (non-hydrogen) atoms. The van der Waals surface area contributed by atoms with Crippen LogP contribution < -0.4 is 4.74 Å². The number of aliphatic carboxylic acids is 1. The van der Waals surface area contributed by atoms with Crippen LogP contribution in [0.4, 0.5) is 13.2 Å².